The number of benzene rings is 1. The van der Waals surface area contributed by atoms with Crippen molar-refractivity contribution < 1.29 is 13.9 Å². The average molecular weight is 251 g/mol. The van der Waals surface area contributed by atoms with Crippen LogP contribution in [-0.4, -0.2) is 26.9 Å². The van der Waals surface area contributed by atoms with Crippen LogP contribution in [0.4, 0.5) is 4.39 Å². The van der Waals surface area contributed by atoms with Gasteiger partial charge in [0.2, 0.25) is 0 Å². The van der Waals surface area contributed by atoms with Crippen molar-refractivity contribution in [1.82, 2.24) is 0 Å². The summed E-state index contributed by atoms with van der Waals surface area (Å²) in [5, 5.41) is 0. The molecule has 0 aliphatic carbocycles. The molecule has 98 valence electrons. The normalized spacial score (nSPS) is 9.72. The van der Waals surface area contributed by atoms with Crippen LogP contribution in [0.2, 0.25) is 0 Å². The van der Waals surface area contributed by atoms with Gasteiger partial charge < -0.3 is 15.2 Å². The summed E-state index contributed by atoms with van der Waals surface area (Å²) in [6.45, 7) is 1.44. The highest BCUT2D eigenvalue weighted by molar-refractivity contribution is 5.40. The van der Waals surface area contributed by atoms with Crippen molar-refractivity contribution >= 4 is 0 Å². The monoisotopic (exact) mass is 251 g/mol. The Morgan fingerprint density at radius 2 is 2.06 bits per heavy atom. The standard InChI is InChI=1S/C14H18FNO2/c1-17-9-2-3-10-18-14-11-12(5-4-8-16)6-7-13(14)15/h6-7,11H,2-3,8-10,16H2,1H3. The zero-order chi connectivity index (χ0) is 13.2. The molecule has 3 nitrogen and oxygen atoms in total. The second-order valence-electron chi connectivity index (χ2n) is 3.70. The van der Waals surface area contributed by atoms with Gasteiger partial charge in [0.1, 0.15) is 0 Å². The van der Waals surface area contributed by atoms with Gasteiger partial charge in [-0.3, -0.25) is 0 Å². The number of hydrogen-bond acceptors (Lipinski definition) is 3. The molecule has 0 bridgehead atoms. The van der Waals surface area contributed by atoms with Crippen LogP contribution >= 0.6 is 0 Å². The van der Waals surface area contributed by atoms with Crippen molar-refractivity contribution in [3.8, 4) is 17.6 Å². The van der Waals surface area contributed by atoms with Crippen LogP contribution in [0, 0.1) is 17.7 Å². The lowest BCUT2D eigenvalue weighted by atomic mass is 10.2. The molecule has 1 rings (SSSR count). The van der Waals surface area contributed by atoms with E-state index in [1.807, 2.05) is 0 Å². The molecule has 1 aromatic rings. The molecule has 0 unspecified atom stereocenters. The largest absolute Gasteiger partial charge is 0.490 e. The highest BCUT2D eigenvalue weighted by Crippen LogP contribution is 2.18. The Kier molecular flexibility index (Phi) is 6.85. The van der Waals surface area contributed by atoms with Crippen LogP contribution < -0.4 is 10.5 Å². The smallest absolute Gasteiger partial charge is 0.165 e. The number of unbranched alkanes of at least 4 members (excludes halogenated alkanes) is 1. The van der Waals surface area contributed by atoms with E-state index in [1.165, 1.54) is 6.07 Å². The first kappa shape index (κ1) is 14.5. The van der Waals surface area contributed by atoms with E-state index in [0.717, 1.165) is 12.8 Å². The summed E-state index contributed by atoms with van der Waals surface area (Å²) >= 11 is 0. The minimum Gasteiger partial charge on any atom is -0.490 e. The molecule has 0 amide bonds. The maximum Gasteiger partial charge on any atom is 0.165 e. The number of methoxy groups -OCH3 is 1. The second kappa shape index (κ2) is 8.51. The molecule has 18 heavy (non-hydrogen) atoms. The van der Waals surface area contributed by atoms with Crippen molar-refractivity contribution in [1.29, 1.82) is 0 Å². The highest BCUT2D eigenvalue weighted by atomic mass is 19.1. The van der Waals surface area contributed by atoms with E-state index in [2.05, 4.69) is 11.8 Å². The molecule has 0 aromatic heterocycles. The van der Waals surface area contributed by atoms with E-state index in [1.54, 1.807) is 19.2 Å². The van der Waals surface area contributed by atoms with Gasteiger partial charge in [0.15, 0.2) is 11.6 Å². The van der Waals surface area contributed by atoms with Gasteiger partial charge in [-0.2, -0.15) is 0 Å². The van der Waals surface area contributed by atoms with Gasteiger partial charge in [-0.1, -0.05) is 11.8 Å². The van der Waals surface area contributed by atoms with Crippen molar-refractivity contribution in [2.75, 3.05) is 26.9 Å². The van der Waals surface area contributed by atoms with Gasteiger partial charge in [0, 0.05) is 19.3 Å². The summed E-state index contributed by atoms with van der Waals surface area (Å²) in [5.41, 5.74) is 5.98. The Morgan fingerprint density at radius 1 is 1.28 bits per heavy atom. The number of halogens is 1. The zero-order valence-corrected chi connectivity index (χ0v) is 10.5. The Bertz CT molecular complexity index is 424. The summed E-state index contributed by atoms with van der Waals surface area (Å²) < 4.78 is 23.7. The summed E-state index contributed by atoms with van der Waals surface area (Å²) in [5.74, 6) is 5.42. The fourth-order valence-electron chi connectivity index (χ4n) is 1.38. The molecule has 0 radical (unpaired) electrons. The van der Waals surface area contributed by atoms with E-state index >= 15 is 0 Å². The number of rotatable bonds is 6. The average Bonchev–Trinajstić information content (AvgIpc) is 2.39. The third-order valence-electron chi connectivity index (χ3n) is 2.27. The van der Waals surface area contributed by atoms with Gasteiger partial charge in [0.25, 0.3) is 0 Å². The SMILES string of the molecule is COCCCCOc1cc(C#CCN)ccc1F. The minimum absolute atomic E-state index is 0.233. The predicted molar refractivity (Wildman–Crippen MR) is 68.9 cm³/mol. The molecular formula is C14H18FNO2. The Balaban J connectivity index is 2.53. The molecule has 0 aliphatic rings. The van der Waals surface area contributed by atoms with E-state index in [9.17, 15) is 4.39 Å². The Hall–Kier alpha value is -1.57. The summed E-state index contributed by atoms with van der Waals surface area (Å²) in [7, 11) is 1.65. The van der Waals surface area contributed by atoms with Crippen molar-refractivity contribution in [3.05, 3.63) is 29.6 Å². The topological polar surface area (TPSA) is 44.5 Å². The van der Waals surface area contributed by atoms with Gasteiger partial charge in [-0.05, 0) is 31.0 Å². The van der Waals surface area contributed by atoms with Crippen molar-refractivity contribution in [2.24, 2.45) is 5.73 Å². The molecule has 0 saturated heterocycles. The fraction of sp³-hybridized carbons (Fsp3) is 0.429. The number of ether oxygens (including phenoxy) is 2. The lowest BCUT2D eigenvalue weighted by Crippen LogP contribution is -2.01. The Morgan fingerprint density at radius 3 is 2.78 bits per heavy atom. The van der Waals surface area contributed by atoms with Crippen LogP contribution in [0.3, 0.4) is 0 Å². The molecular weight excluding hydrogens is 233 g/mol. The highest BCUT2D eigenvalue weighted by Gasteiger charge is 2.03. The van der Waals surface area contributed by atoms with Crippen LogP contribution in [0.15, 0.2) is 18.2 Å². The molecule has 0 atom stereocenters. The van der Waals surface area contributed by atoms with Crippen molar-refractivity contribution in [2.45, 2.75) is 12.8 Å². The Labute approximate surface area is 107 Å². The van der Waals surface area contributed by atoms with Gasteiger partial charge in [0.05, 0.1) is 13.2 Å². The molecule has 1 aromatic carbocycles. The molecule has 0 spiro atoms. The molecule has 2 N–H and O–H groups in total. The maximum atomic E-state index is 13.4. The van der Waals surface area contributed by atoms with E-state index < -0.39 is 0 Å². The second-order valence-corrected chi connectivity index (χ2v) is 3.70. The van der Waals surface area contributed by atoms with E-state index in [-0.39, 0.29) is 18.1 Å². The summed E-state index contributed by atoms with van der Waals surface area (Å²) in [6.07, 6.45) is 1.72. The van der Waals surface area contributed by atoms with Crippen LogP contribution in [-0.2, 0) is 4.74 Å². The maximum absolute atomic E-state index is 13.4. The number of hydrogen-bond donors (Lipinski definition) is 1. The van der Waals surface area contributed by atoms with E-state index in [4.69, 9.17) is 15.2 Å². The van der Waals surface area contributed by atoms with Gasteiger partial charge in [-0.25, -0.2) is 4.39 Å². The van der Waals surface area contributed by atoms with Gasteiger partial charge >= 0.3 is 0 Å². The zero-order valence-electron chi connectivity index (χ0n) is 10.5. The molecule has 0 heterocycles. The van der Waals surface area contributed by atoms with Crippen LogP contribution in [0.1, 0.15) is 18.4 Å². The minimum atomic E-state index is -0.375. The molecule has 0 fully saturated rings. The molecule has 4 heteroatoms. The van der Waals surface area contributed by atoms with Crippen LogP contribution in [0.5, 0.6) is 5.75 Å². The molecule has 0 saturated carbocycles. The fourth-order valence-corrected chi connectivity index (χ4v) is 1.38. The third-order valence-corrected chi connectivity index (χ3v) is 2.27. The quantitative estimate of drug-likeness (QED) is 0.620. The first-order valence-corrected chi connectivity index (χ1v) is 5.88. The van der Waals surface area contributed by atoms with Crippen LogP contribution in [0.25, 0.3) is 0 Å². The first-order chi connectivity index (χ1) is 8.77. The summed E-state index contributed by atoms with van der Waals surface area (Å²) in [6, 6.07) is 4.55. The van der Waals surface area contributed by atoms with Gasteiger partial charge in [-0.15, -0.1) is 0 Å². The predicted octanol–water partition coefficient (Wildman–Crippen LogP) is 1.94. The molecule has 0 aliphatic heterocycles. The first-order valence-electron chi connectivity index (χ1n) is 5.88. The lowest BCUT2D eigenvalue weighted by molar-refractivity contribution is 0.183. The number of nitrogens with two attached hydrogens (primary N) is 1. The lowest BCUT2D eigenvalue weighted by Gasteiger charge is -2.07. The van der Waals surface area contributed by atoms with Crippen molar-refractivity contribution in [3.63, 3.8) is 0 Å². The van der Waals surface area contributed by atoms with E-state index in [0.29, 0.717) is 18.8 Å². The third kappa shape index (κ3) is 5.17. The summed E-state index contributed by atoms with van der Waals surface area (Å²) in [4.78, 5) is 0.